The van der Waals surface area contributed by atoms with Crippen LogP contribution in [0.2, 0.25) is 0 Å². The lowest BCUT2D eigenvalue weighted by atomic mass is 9.79. The Hall–Kier alpha value is -4.88. The normalized spacial score (nSPS) is 16.8. The van der Waals surface area contributed by atoms with Crippen molar-refractivity contribution in [2.24, 2.45) is 0 Å². The van der Waals surface area contributed by atoms with Crippen LogP contribution in [0, 0.1) is 0 Å². The fraction of sp³-hybridized carbons (Fsp3) is 0.357. The van der Waals surface area contributed by atoms with Crippen molar-refractivity contribution in [2.75, 3.05) is 4.90 Å². The summed E-state index contributed by atoms with van der Waals surface area (Å²) < 4.78 is 0. The minimum absolute atomic E-state index is 0.0176. The van der Waals surface area contributed by atoms with Gasteiger partial charge in [-0.05, 0) is 127 Å². The number of benzene rings is 6. The van der Waals surface area contributed by atoms with Gasteiger partial charge < -0.3 is 4.90 Å². The summed E-state index contributed by atoms with van der Waals surface area (Å²) in [6.45, 7) is 23.7. The molecule has 57 heavy (non-hydrogen) atoms. The number of anilines is 3. The summed E-state index contributed by atoms with van der Waals surface area (Å²) in [6.07, 6.45) is 6.70. The fourth-order valence-corrected chi connectivity index (χ4v) is 10.6. The second-order valence-electron chi connectivity index (χ2n) is 20.5. The van der Waals surface area contributed by atoms with E-state index in [9.17, 15) is 0 Å². The number of nitrogens with zero attached hydrogens (tertiary/aromatic N) is 1. The van der Waals surface area contributed by atoms with Crippen molar-refractivity contribution in [3.8, 4) is 33.4 Å². The van der Waals surface area contributed by atoms with Gasteiger partial charge in [0.25, 0.3) is 0 Å². The highest BCUT2D eigenvalue weighted by Gasteiger charge is 2.40. The zero-order valence-corrected chi connectivity index (χ0v) is 36.1. The van der Waals surface area contributed by atoms with E-state index in [1.807, 2.05) is 0 Å². The highest BCUT2D eigenvalue weighted by molar-refractivity contribution is 5.93. The molecule has 0 radical (unpaired) electrons. The van der Waals surface area contributed by atoms with Crippen LogP contribution in [0.5, 0.6) is 0 Å². The number of hydrogen-bond acceptors (Lipinski definition) is 1. The Morgan fingerprint density at radius 2 is 1.07 bits per heavy atom. The minimum atomic E-state index is -0.139. The van der Waals surface area contributed by atoms with E-state index < -0.39 is 0 Å². The van der Waals surface area contributed by atoms with E-state index >= 15 is 0 Å². The van der Waals surface area contributed by atoms with Crippen LogP contribution < -0.4 is 4.90 Å². The van der Waals surface area contributed by atoms with E-state index in [-0.39, 0.29) is 21.7 Å². The molecule has 0 N–H and O–H groups in total. The largest absolute Gasteiger partial charge is 0.310 e. The van der Waals surface area contributed by atoms with Crippen molar-refractivity contribution < 1.29 is 0 Å². The Morgan fingerprint density at radius 3 is 1.74 bits per heavy atom. The second kappa shape index (κ2) is 13.3. The van der Waals surface area contributed by atoms with Gasteiger partial charge in [-0.3, -0.25) is 0 Å². The van der Waals surface area contributed by atoms with Crippen LogP contribution in [-0.4, -0.2) is 0 Å². The molecule has 0 aromatic heterocycles. The van der Waals surface area contributed by atoms with E-state index in [4.69, 9.17) is 0 Å². The van der Waals surface area contributed by atoms with Gasteiger partial charge in [-0.25, -0.2) is 0 Å². The molecule has 1 fully saturated rings. The van der Waals surface area contributed by atoms with Gasteiger partial charge >= 0.3 is 0 Å². The Bertz CT molecular complexity index is 2510. The molecule has 0 bridgehead atoms. The van der Waals surface area contributed by atoms with Crippen molar-refractivity contribution in [3.63, 3.8) is 0 Å². The summed E-state index contributed by atoms with van der Waals surface area (Å²) >= 11 is 0. The molecule has 3 aliphatic carbocycles. The minimum Gasteiger partial charge on any atom is -0.310 e. The van der Waals surface area contributed by atoms with Crippen LogP contribution in [0.4, 0.5) is 17.1 Å². The van der Waals surface area contributed by atoms with Crippen LogP contribution in [0.15, 0.2) is 121 Å². The first kappa shape index (κ1) is 37.7. The first-order chi connectivity index (χ1) is 27.0. The topological polar surface area (TPSA) is 3.24 Å². The Kier molecular flexibility index (Phi) is 8.82. The van der Waals surface area contributed by atoms with Gasteiger partial charge in [-0.1, -0.05) is 179 Å². The van der Waals surface area contributed by atoms with Gasteiger partial charge in [-0.2, -0.15) is 0 Å². The summed E-state index contributed by atoms with van der Waals surface area (Å²) in [5.41, 5.74) is 21.3. The van der Waals surface area contributed by atoms with Crippen molar-refractivity contribution in [1.29, 1.82) is 0 Å². The summed E-state index contributed by atoms with van der Waals surface area (Å²) in [4.78, 5) is 2.59. The fourth-order valence-electron chi connectivity index (χ4n) is 10.6. The molecule has 1 heteroatoms. The zero-order chi connectivity index (χ0) is 40.1. The molecule has 0 aliphatic heterocycles. The Morgan fingerprint density at radius 1 is 0.491 bits per heavy atom. The van der Waals surface area contributed by atoms with Crippen LogP contribution in [-0.2, 0) is 21.7 Å². The van der Waals surface area contributed by atoms with Crippen LogP contribution in [0.1, 0.15) is 146 Å². The smallest absolute Gasteiger partial charge is 0.0542 e. The molecule has 290 valence electrons. The first-order valence-electron chi connectivity index (χ1n) is 21.6. The number of rotatable bonds is 5. The van der Waals surface area contributed by atoms with E-state index in [0.717, 1.165) is 0 Å². The molecule has 0 saturated heterocycles. The van der Waals surface area contributed by atoms with E-state index in [0.29, 0.717) is 5.92 Å². The maximum absolute atomic E-state index is 2.59. The summed E-state index contributed by atoms with van der Waals surface area (Å²) in [7, 11) is 0. The average molecular weight is 748 g/mol. The van der Waals surface area contributed by atoms with Crippen molar-refractivity contribution >= 4 is 17.1 Å². The molecular formula is C56H61N. The highest BCUT2D eigenvalue weighted by Crippen LogP contribution is 2.55. The molecule has 1 saturated carbocycles. The summed E-state index contributed by atoms with van der Waals surface area (Å²) in [5, 5.41) is 0. The Balaban J connectivity index is 1.28. The SMILES string of the molecule is CC(C)(C)c1ccc(-c2ccc(C3CCCCC3)cc2)c(N(c2ccc3c(c2)C(C)(C)c2ccccc2-3)c2ccc3c(c2)C(C)(C)c2cccc(C(C)(C)C)c2-3)c1. The summed E-state index contributed by atoms with van der Waals surface area (Å²) in [5.74, 6) is 0.684. The van der Waals surface area contributed by atoms with Crippen LogP contribution in [0.3, 0.4) is 0 Å². The molecule has 9 rings (SSSR count). The molecular weight excluding hydrogens is 687 g/mol. The van der Waals surface area contributed by atoms with Crippen molar-refractivity contribution in [3.05, 3.63) is 160 Å². The maximum atomic E-state index is 2.59. The zero-order valence-electron chi connectivity index (χ0n) is 36.1. The third-order valence-corrected chi connectivity index (χ3v) is 14.0. The standard InChI is InChI=1S/C56H61N/c1-53(2,3)39-27-30-42(38-25-23-37(24-26-38)36-17-12-11-13-18-36)51(33-39)57(40-28-31-44-43-19-14-15-20-46(43)55(7,8)49(44)34-40)41-29-32-45-50(35-41)56(9,10)48-22-16-21-47(52(45)48)54(4,5)6/h14-16,19-36H,11-13,17-18H2,1-10H3. The predicted octanol–water partition coefficient (Wildman–Crippen LogP) is 16.1. The molecule has 0 heterocycles. The maximum Gasteiger partial charge on any atom is 0.0542 e. The van der Waals surface area contributed by atoms with Gasteiger partial charge in [-0.15, -0.1) is 0 Å². The molecule has 0 unspecified atom stereocenters. The molecule has 6 aromatic rings. The molecule has 0 atom stereocenters. The lowest BCUT2D eigenvalue weighted by Gasteiger charge is -2.32. The lowest BCUT2D eigenvalue weighted by Crippen LogP contribution is -2.19. The summed E-state index contributed by atoms with van der Waals surface area (Å²) in [6, 6.07) is 47.5. The monoisotopic (exact) mass is 747 g/mol. The average Bonchev–Trinajstić information content (AvgIpc) is 3.57. The number of fused-ring (bicyclic) bond motifs is 6. The third kappa shape index (κ3) is 6.19. The van der Waals surface area contributed by atoms with Gasteiger partial charge in [0.1, 0.15) is 0 Å². The Labute approximate surface area is 343 Å². The molecule has 0 spiro atoms. The van der Waals surface area contributed by atoms with E-state index in [1.165, 1.54) is 121 Å². The highest BCUT2D eigenvalue weighted by atomic mass is 15.1. The molecule has 1 nitrogen and oxygen atoms in total. The van der Waals surface area contributed by atoms with Gasteiger partial charge in [0, 0.05) is 27.8 Å². The van der Waals surface area contributed by atoms with Crippen LogP contribution >= 0.6 is 0 Å². The molecule has 0 amide bonds. The molecule has 6 aromatic carbocycles. The second-order valence-corrected chi connectivity index (χ2v) is 20.5. The van der Waals surface area contributed by atoms with E-state index in [1.54, 1.807) is 0 Å². The lowest BCUT2D eigenvalue weighted by molar-refractivity contribution is 0.443. The van der Waals surface area contributed by atoms with Crippen molar-refractivity contribution in [2.45, 2.75) is 129 Å². The van der Waals surface area contributed by atoms with E-state index in [2.05, 4.69) is 195 Å². The predicted molar refractivity (Wildman–Crippen MR) is 245 cm³/mol. The first-order valence-corrected chi connectivity index (χ1v) is 21.6. The third-order valence-electron chi connectivity index (χ3n) is 14.0. The quantitative estimate of drug-likeness (QED) is 0.170. The van der Waals surface area contributed by atoms with Crippen molar-refractivity contribution in [1.82, 2.24) is 0 Å². The molecule has 3 aliphatic rings. The van der Waals surface area contributed by atoms with Crippen LogP contribution in [0.25, 0.3) is 33.4 Å². The van der Waals surface area contributed by atoms with Gasteiger partial charge in [0.05, 0.1) is 5.69 Å². The van der Waals surface area contributed by atoms with Gasteiger partial charge in [0.2, 0.25) is 0 Å². The number of hydrogen-bond donors (Lipinski definition) is 0. The van der Waals surface area contributed by atoms with Gasteiger partial charge in [0.15, 0.2) is 0 Å².